The van der Waals surface area contributed by atoms with Crippen LogP contribution in [0.15, 0.2) is 12.3 Å². The first kappa shape index (κ1) is 13.6. The van der Waals surface area contributed by atoms with Crippen molar-refractivity contribution in [3.63, 3.8) is 0 Å². The van der Waals surface area contributed by atoms with Gasteiger partial charge in [-0.25, -0.2) is 4.98 Å². The third kappa shape index (κ3) is 3.00. The molecular weight excluding hydrogens is 272 g/mol. The molecule has 1 aromatic rings. The first-order valence-corrected chi connectivity index (χ1v) is 5.26. The number of fused-ring (bicyclic) bond motifs is 1. The molecule has 5 nitrogen and oxygen atoms in total. The van der Waals surface area contributed by atoms with Crippen molar-refractivity contribution in [2.45, 2.75) is 0 Å². The highest BCUT2D eigenvalue weighted by atomic mass is 35.5. The second kappa shape index (κ2) is 6.29. The Morgan fingerprint density at radius 3 is 3.00 bits per heavy atom. The SMILES string of the molecule is CN(SOCl)c1cnc2c(c1)OCCO2.S. The van der Waals surface area contributed by atoms with E-state index in [-0.39, 0.29) is 13.5 Å². The highest BCUT2D eigenvalue weighted by Crippen LogP contribution is 2.32. The van der Waals surface area contributed by atoms with Crippen LogP contribution in [0.1, 0.15) is 0 Å². The summed E-state index contributed by atoms with van der Waals surface area (Å²) in [5.41, 5.74) is 0.824. The van der Waals surface area contributed by atoms with E-state index in [4.69, 9.17) is 21.3 Å². The molecule has 0 amide bonds. The topological polar surface area (TPSA) is 43.8 Å². The molecule has 0 aliphatic carbocycles. The third-order valence-corrected chi connectivity index (χ3v) is 2.55. The molecule has 90 valence electrons. The summed E-state index contributed by atoms with van der Waals surface area (Å²) in [5.74, 6) is 1.16. The van der Waals surface area contributed by atoms with E-state index in [1.54, 1.807) is 17.5 Å². The molecule has 16 heavy (non-hydrogen) atoms. The van der Waals surface area contributed by atoms with Crippen molar-refractivity contribution >= 4 is 43.3 Å². The van der Waals surface area contributed by atoms with Gasteiger partial charge < -0.3 is 9.47 Å². The molecule has 2 heterocycles. The van der Waals surface area contributed by atoms with E-state index in [2.05, 4.69) is 8.72 Å². The van der Waals surface area contributed by atoms with E-state index in [1.165, 1.54) is 0 Å². The zero-order valence-corrected chi connectivity index (χ0v) is 11.0. The molecule has 0 N–H and O–H groups in total. The Morgan fingerprint density at radius 1 is 1.50 bits per heavy atom. The van der Waals surface area contributed by atoms with Crippen molar-refractivity contribution in [2.24, 2.45) is 0 Å². The number of hydrogen-bond donors (Lipinski definition) is 0. The molecule has 0 saturated carbocycles. The molecule has 0 spiro atoms. The number of aromatic nitrogens is 1. The average Bonchev–Trinajstić information content (AvgIpc) is 2.29. The summed E-state index contributed by atoms with van der Waals surface area (Å²) in [6.07, 6.45) is 1.66. The van der Waals surface area contributed by atoms with Gasteiger partial charge in [-0.3, -0.25) is 4.31 Å². The Bertz CT molecular complexity index is 356. The largest absolute Gasteiger partial charge is 0.484 e. The highest BCUT2D eigenvalue weighted by molar-refractivity contribution is 7.96. The van der Waals surface area contributed by atoms with E-state index < -0.39 is 0 Å². The number of hydrogen-bond acceptors (Lipinski definition) is 6. The standard InChI is InChI=1S/C8H9ClN2O3S.H2S/c1-11(15-14-9)6-4-7-8(10-5-6)13-3-2-12-7;/h4-5H,2-3H2,1H3;1H2. The molecule has 0 fully saturated rings. The minimum atomic E-state index is 0. The van der Waals surface area contributed by atoms with Crippen LogP contribution in [0.2, 0.25) is 0 Å². The third-order valence-electron chi connectivity index (χ3n) is 1.89. The average molecular weight is 283 g/mol. The van der Waals surface area contributed by atoms with Crippen molar-refractivity contribution < 1.29 is 13.2 Å². The lowest BCUT2D eigenvalue weighted by Gasteiger charge is -2.20. The molecule has 1 aliphatic heterocycles. The van der Waals surface area contributed by atoms with Gasteiger partial charge in [0.25, 0.3) is 5.88 Å². The van der Waals surface area contributed by atoms with Crippen LogP contribution < -0.4 is 13.8 Å². The van der Waals surface area contributed by atoms with E-state index in [1.807, 2.05) is 6.07 Å². The van der Waals surface area contributed by atoms with Gasteiger partial charge in [0.15, 0.2) is 5.75 Å². The van der Waals surface area contributed by atoms with Crippen molar-refractivity contribution in [3.05, 3.63) is 12.3 Å². The van der Waals surface area contributed by atoms with E-state index >= 15 is 0 Å². The summed E-state index contributed by atoms with van der Waals surface area (Å²) >= 11 is 6.13. The van der Waals surface area contributed by atoms with E-state index in [0.717, 1.165) is 17.9 Å². The highest BCUT2D eigenvalue weighted by Gasteiger charge is 2.15. The van der Waals surface area contributed by atoms with Gasteiger partial charge in [-0.15, -0.1) is 0 Å². The van der Waals surface area contributed by atoms with Gasteiger partial charge in [0, 0.05) is 13.1 Å². The predicted molar refractivity (Wildman–Crippen MR) is 68.5 cm³/mol. The fraction of sp³-hybridized carbons (Fsp3) is 0.375. The van der Waals surface area contributed by atoms with Gasteiger partial charge in [0.2, 0.25) is 0 Å². The molecule has 2 rings (SSSR count). The molecular formula is C8H11ClN2O3S2. The Kier molecular flexibility index (Phi) is 5.33. The van der Waals surface area contributed by atoms with Crippen LogP contribution in [0.5, 0.6) is 11.6 Å². The number of rotatable bonds is 3. The molecule has 8 heteroatoms. The van der Waals surface area contributed by atoms with Crippen LogP contribution in [0.3, 0.4) is 0 Å². The Hall–Kier alpha value is -0.500. The maximum atomic E-state index is 5.40. The Balaban J connectivity index is 0.00000128. The monoisotopic (exact) mass is 282 g/mol. The van der Waals surface area contributed by atoms with Gasteiger partial charge >= 0.3 is 0 Å². The maximum absolute atomic E-state index is 5.40. The smallest absolute Gasteiger partial charge is 0.257 e. The first-order chi connectivity index (χ1) is 7.31. The lowest BCUT2D eigenvalue weighted by atomic mass is 10.4. The summed E-state index contributed by atoms with van der Waals surface area (Å²) in [6, 6.07) is 1.82. The number of pyridine rings is 1. The lowest BCUT2D eigenvalue weighted by molar-refractivity contribution is 0.164. The van der Waals surface area contributed by atoms with Crippen molar-refractivity contribution in [1.29, 1.82) is 0 Å². The molecule has 1 aliphatic rings. The summed E-state index contributed by atoms with van der Waals surface area (Å²) < 4.78 is 16.8. The number of halogens is 1. The second-order valence-corrected chi connectivity index (χ2v) is 4.03. The summed E-state index contributed by atoms with van der Waals surface area (Å²) in [6.45, 7) is 1.08. The zero-order chi connectivity index (χ0) is 10.7. The summed E-state index contributed by atoms with van der Waals surface area (Å²) in [5, 5.41) is 0. The molecule has 1 aromatic heterocycles. The number of nitrogens with zero attached hydrogens (tertiary/aromatic N) is 2. The van der Waals surface area contributed by atoms with Crippen LogP contribution in [-0.4, -0.2) is 25.2 Å². The minimum Gasteiger partial charge on any atom is -0.484 e. The van der Waals surface area contributed by atoms with Gasteiger partial charge in [0.05, 0.1) is 23.8 Å². The molecule has 0 unspecified atom stereocenters. The Morgan fingerprint density at radius 2 is 2.25 bits per heavy atom. The predicted octanol–water partition coefficient (Wildman–Crippen LogP) is 2.14. The number of ether oxygens (including phenoxy) is 2. The normalized spacial score (nSPS) is 12.9. The number of anilines is 1. The molecule has 0 aromatic carbocycles. The van der Waals surface area contributed by atoms with Crippen LogP contribution in [0.25, 0.3) is 0 Å². The fourth-order valence-electron chi connectivity index (χ4n) is 1.18. The maximum Gasteiger partial charge on any atom is 0.257 e. The fourth-order valence-corrected chi connectivity index (χ4v) is 1.70. The van der Waals surface area contributed by atoms with E-state index in [0.29, 0.717) is 24.8 Å². The lowest BCUT2D eigenvalue weighted by Crippen LogP contribution is -2.17. The quantitative estimate of drug-likeness (QED) is 0.625. The van der Waals surface area contributed by atoms with Crippen LogP contribution >= 0.6 is 37.6 Å². The van der Waals surface area contributed by atoms with Gasteiger partial charge in [-0.2, -0.15) is 17.2 Å². The van der Waals surface area contributed by atoms with Crippen LogP contribution in [0.4, 0.5) is 5.69 Å². The minimum absolute atomic E-state index is 0. The van der Waals surface area contributed by atoms with Gasteiger partial charge in [-0.1, -0.05) is 0 Å². The van der Waals surface area contributed by atoms with Gasteiger partial charge in [0.1, 0.15) is 25.4 Å². The Labute approximate surface area is 110 Å². The molecule has 0 radical (unpaired) electrons. The van der Waals surface area contributed by atoms with Crippen LogP contribution in [-0.2, 0) is 3.74 Å². The van der Waals surface area contributed by atoms with E-state index in [9.17, 15) is 0 Å². The van der Waals surface area contributed by atoms with Gasteiger partial charge in [-0.05, 0) is 0 Å². The van der Waals surface area contributed by atoms with Crippen molar-refractivity contribution in [2.75, 3.05) is 24.6 Å². The zero-order valence-electron chi connectivity index (χ0n) is 8.47. The first-order valence-electron chi connectivity index (χ1n) is 4.26. The summed E-state index contributed by atoms with van der Waals surface area (Å²) in [7, 11) is 1.81. The second-order valence-electron chi connectivity index (χ2n) is 2.83. The molecule has 0 saturated heterocycles. The molecule has 0 atom stereocenters. The van der Waals surface area contributed by atoms with Crippen molar-refractivity contribution in [1.82, 2.24) is 4.98 Å². The van der Waals surface area contributed by atoms with Crippen molar-refractivity contribution in [3.8, 4) is 11.6 Å². The molecule has 0 bridgehead atoms. The summed E-state index contributed by atoms with van der Waals surface area (Å²) in [4.78, 5) is 4.12. The van der Waals surface area contributed by atoms with Crippen LogP contribution in [0, 0.1) is 0 Å².